The van der Waals surface area contributed by atoms with Crippen LogP contribution < -0.4 is 0 Å². The van der Waals surface area contributed by atoms with Crippen molar-refractivity contribution in [3.8, 4) is 0 Å². The van der Waals surface area contributed by atoms with Crippen molar-refractivity contribution in [1.29, 1.82) is 0 Å². The summed E-state index contributed by atoms with van der Waals surface area (Å²) in [4.78, 5) is 13.3. The van der Waals surface area contributed by atoms with Gasteiger partial charge in [-0.3, -0.25) is 9.69 Å². The van der Waals surface area contributed by atoms with Crippen molar-refractivity contribution in [2.24, 2.45) is 0 Å². The van der Waals surface area contributed by atoms with Crippen molar-refractivity contribution < 1.29 is 4.79 Å². The highest BCUT2D eigenvalue weighted by Crippen LogP contribution is 2.19. The molecule has 0 aromatic carbocycles. The molecule has 0 aromatic rings. The Morgan fingerprint density at radius 1 is 1.62 bits per heavy atom. The number of hydrogen-bond donors (Lipinski definition) is 0. The van der Waals surface area contributed by atoms with E-state index in [1.807, 2.05) is 0 Å². The number of unbranched alkanes of at least 4 members (excludes halogenated alkanes) is 2. The lowest BCUT2D eigenvalue weighted by molar-refractivity contribution is -0.126. The van der Waals surface area contributed by atoms with Crippen LogP contribution in [0.3, 0.4) is 0 Å². The molecule has 0 aromatic heterocycles. The highest BCUT2D eigenvalue weighted by atomic mass is 32.2. The topological polar surface area (TPSA) is 20.3 Å². The Bertz CT molecular complexity index is 206. The number of amides is 1. The average molecular weight is 217 g/mol. The van der Waals surface area contributed by atoms with E-state index in [-0.39, 0.29) is 5.91 Å². The van der Waals surface area contributed by atoms with Gasteiger partial charge in [-0.15, -0.1) is 0 Å². The SMILES string of the molecule is CCCCCC(=O)N1CCSC1=S. The molecule has 74 valence electrons. The van der Waals surface area contributed by atoms with E-state index >= 15 is 0 Å². The molecule has 0 atom stereocenters. The van der Waals surface area contributed by atoms with Gasteiger partial charge in [0.2, 0.25) is 5.91 Å². The van der Waals surface area contributed by atoms with Gasteiger partial charge < -0.3 is 0 Å². The summed E-state index contributed by atoms with van der Waals surface area (Å²) in [7, 11) is 0. The zero-order valence-corrected chi connectivity index (χ0v) is 9.55. The monoisotopic (exact) mass is 217 g/mol. The molecule has 0 saturated carbocycles. The van der Waals surface area contributed by atoms with E-state index in [1.165, 1.54) is 0 Å². The molecule has 1 amide bonds. The predicted molar refractivity (Wildman–Crippen MR) is 60.9 cm³/mol. The zero-order chi connectivity index (χ0) is 9.68. The van der Waals surface area contributed by atoms with Gasteiger partial charge in [0.1, 0.15) is 4.32 Å². The molecule has 4 heteroatoms. The second-order valence-electron chi connectivity index (χ2n) is 3.12. The molecule has 0 radical (unpaired) electrons. The first kappa shape index (κ1) is 11.0. The number of thioether (sulfide) groups is 1. The molecule has 1 aliphatic heterocycles. The van der Waals surface area contributed by atoms with Gasteiger partial charge >= 0.3 is 0 Å². The molecule has 13 heavy (non-hydrogen) atoms. The lowest BCUT2D eigenvalue weighted by atomic mass is 10.2. The van der Waals surface area contributed by atoms with Crippen molar-refractivity contribution in [2.75, 3.05) is 12.3 Å². The summed E-state index contributed by atoms with van der Waals surface area (Å²) in [5, 5.41) is 0. The Morgan fingerprint density at radius 2 is 2.38 bits per heavy atom. The van der Waals surface area contributed by atoms with E-state index in [2.05, 4.69) is 6.92 Å². The van der Waals surface area contributed by atoms with E-state index in [0.29, 0.717) is 6.42 Å². The molecule has 1 saturated heterocycles. The van der Waals surface area contributed by atoms with Crippen molar-refractivity contribution in [3.05, 3.63) is 0 Å². The van der Waals surface area contributed by atoms with Crippen LogP contribution in [0.5, 0.6) is 0 Å². The van der Waals surface area contributed by atoms with Crippen LogP contribution in [0.25, 0.3) is 0 Å². The number of rotatable bonds is 4. The number of carbonyl (C=O) groups excluding carboxylic acids is 1. The molecule has 0 aliphatic carbocycles. The average Bonchev–Trinajstić information content (AvgIpc) is 2.52. The maximum Gasteiger partial charge on any atom is 0.228 e. The maximum absolute atomic E-state index is 11.6. The Labute approximate surface area is 89.1 Å². The Hall–Kier alpha value is -0.0900. The molecular formula is C9H15NOS2. The molecule has 1 aliphatic rings. The highest BCUT2D eigenvalue weighted by molar-refractivity contribution is 8.23. The van der Waals surface area contributed by atoms with Crippen LogP contribution in [0.1, 0.15) is 32.6 Å². The Morgan fingerprint density at radius 3 is 2.92 bits per heavy atom. The van der Waals surface area contributed by atoms with Gasteiger partial charge in [-0.2, -0.15) is 0 Å². The van der Waals surface area contributed by atoms with Crippen LogP contribution >= 0.6 is 24.0 Å². The molecule has 0 N–H and O–H groups in total. The normalized spacial score (nSPS) is 16.7. The largest absolute Gasteiger partial charge is 0.297 e. The fraction of sp³-hybridized carbons (Fsp3) is 0.778. The summed E-state index contributed by atoms with van der Waals surface area (Å²) >= 11 is 6.67. The van der Waals surface area contributed by atoms with E-state index in [1.54, 1.807) is 16.7 Å². The van der Waals surface area contributed by atoms with Crippen molar-refractivity contribution in [2.45, 2.75) is 32.6 Å². The minimum Gasteiger partial charge on any atom is -0.297 e. The number of hydrogen-bond acceptors (Lipinski definition) is 3. The van der Waals surface area contributed by atoms with Crippen LogP contribution in [-0.4, -0.2) is 27.4 Å². The first-order chi connectivity index (χ1) is 6.25. The van der Waals surface area contributed by atoms with Gasteiger partial charge in [0.25, 0.3) is 0 Å². The molecule has 2 nitrogen and oxygen atoms in total. The molecule has 1 fully saturated rings. The number of carbonyl (C=O) groups is 1. The fourth-order valence-electron chi connectivity index (χ4n) is 1.28. The fourth-order valence-corrected chi connectivity index (χ4v) is 2.52. The van der Waals surface area contributed by atoms with Crippen LogP contribution in [0, 0.1) is 0 Å². The summed E-state index contributed by atoms with van der Waals surface area (Å²) in [5.41, 5.74) is 0. The lowest BCUT2D eigenvalue weighted by Crippen LogP contribution is -2.30. The van der Waals surface area contributed by atoms with Crippen molar-refractivity contribution in [3.63, 3.8) is 0 Å². The summed E-state index contributed by atoms with van der Waals surface area (Å²) in [6, 6.07) is 0. The van der Waals surface area contributed by atoms with Crippen LogP contribution in [-0.2, 0) is 4.79 Å². The molecule has 0 unspecified atom stereocenters. The smallest absolute Gasteiger partial charge is 0.228 e. The van der Waals surface area contributed by atoms with E-state index in [4.69, 9.17) is 12.2 Å². The third-order valence-electron chi connectivity index (χ3n) is 2.06. The van der Waals surface area contributed by atoms with E-state index < -0.39 is 0 Å². The minimum atomic E-state index is 0.212. The standard InChI is InChI=1S/C9H15NOS2/c1-2-3-4-5-8(11)10-6-7-13-9(10)12/h2-7H2,1H3. The Balaban J connectivity index is 2.26. The van der Waals surface area contributed by atoms with Gasteiger partial charge in [0.15, 0.2) is 0 Å². The predicted octanol–water partition coefficient (Wildman–Crippen LogP) is 2.43. The molecular weight excluding hydrogens is 202 g/mol. The van der Waals surface area contributed by atoms with Gasteiger partial charge in [0.05, 0.1) is 0 Å². The summed E-state index contributed by atoms with van der Waals surface area (Å²) in [5.74, 6) is 1.18. The second-order valence-corrected chi connectivity index (χ2v) is 4.85. The summed E-state index contributed by atoms with van der Waals surface area (Å²) in [6.07, 6.45) is 3.96. The van der Waals surface area contributed by atoms with Crippen LogP contribution in [0.2, 0.25) is 0 Å². The maximum atomic E-state index is 11.6. The van der Waals surface area contributed by atoms with Gasteiger partial charge in [-0.25, -0.2) is 0 Å². The van der Waals surface area contributed by atoms with Gasteiger partial charge in [-0.05, 0) is 6.42 Å². The number of nitrogens with zero attached hydrogens (tertiary/aromatic N) is 1. The second kappa shape index (κ2) is 5.60. The van der Waals surface area contributed by atoms with Crippen molar-refractivity contribution >= 4 is 34.2 Å². The van der Waals surface area contributed by atoms with Crippen LogP contribution in [0.15, 0.2) is 0 Å². The molecule has 1 heterocycles. The van der Waals surface area contributed by atoms with Gasteiger partial charge in [0, 0.05) is 18.7 Å². The zero-order valence-electron chi connectivity index (χ0n) is 7.91. The first-order valence-electron chi connectivity index (χ1n) is 4.73. The third kappa shape index (κ3) is 3.27. The minimum absolute atomic E-state index is 0.212. The quantitative estimate of drug-likeness (QED) is 0.533. The summed E-state index contributed by atoms with van der Waals surface area (Å²) in [6.45, 7) is 2.95. The lowest BCUT2D eigenvalue weighted by Gasteiger charge is -2.13. The van der Waals surface area contributed by atoms with Crippen molar-refractivity contribution in [1.82, 2.24) is 4.90 Å². The molecule has 0 spiro atoms. The number of thiocarbonyl (C=S) groups is 1. The summed E-state index contributed by atoms with van der Waals surface area (Å²) < 4.78 is 0.765. The van der Waals surface area contributed by atoms with E-state index in [9.17, 15) is 4.79 Å². The Kier molecular flexibility index (Phi) is 4.73. The first-order valence-corrected chi connectivity index (χ1v) is 6.12. The molecule has 0 bridgehead atoms. The highest BCUT2D eigenvalue weighted by Gasteiger charge is 2.22. The van der Waals surface area contributed by atoms with Crippen LogP contribution in [0.4, 0.5) is 0 Å². The van der Waals surface area contributed by atoms with E-state index in [0.717, 1.165) is 35.9 Å². The third-order valence-corrected chi connectivity index (χ3v) is 3.48. The van der Waals surface area contributed by atoms with Gasteiger partial charge in [-0.1, -0.05) is 43.7 Å². The molecule has 1 rings (SSSR count).